The minimum atomic E-state index is -0.497. The Labute approximate surface area is 128 Å². The summed E-state index contributed by atoms with van der Waals surface area (Å²) in [6, 6.07) is 0. The van der Waals surface area contributed by atoms with Gasteiger partial charge in [-0.25, -0.2) is 0 Å². The molecule has 0 unspecified atom stereocenters. The molecule has 0 amide bonds. The minimum Gasteiger partial charge on any atom is -0.460 e. The highest BCUT2D eigenvalue weighted by molar-refractivity contribution is 5.97. The zero-order chi connectivity index (χ0) is 16.0. The van der Waals surface area contributed by atoms with E-state index in [0.717, 1.165) is 24.7 Å². The van der Waals surface area contributed by atoms with Crippen molar-refractivity contribution in [3.05, 3.63) is 0 Å². The van der Waals surface area contributed by atoms with E-state index >= 15 is 0 Å². The highest BCUT2D eigenvalue weighted by atomic mass is 16.6. The monoisotopic (exact) mass is 292 g/mol. The number of esters is 1. The fourth-order valence-corrected chi connectivity index (χ4v) is 2.57. The molecule has 1 rings (SSSR count). The number of carbonyl (C=O) groups is 2. The number of ketones is 1. The van der Waals surface area contributed by atoms with Gasteiger partial charge in [-0.2, -0.15) is 0 Å². The molecule has 21 heavy (non-hydrogen) atoms. The maximum atomic E-state index is 11.6. The number of Topliss-reactive ketones (excluding diaryl/α,β-unsaturated/α-hetero) is 1. The molecule has 0 radical (unpaired) electrons. The Hall–Kier alpha value is -1.30. The van der Waals surface area contributed by atoms with E-state index in [-0.39, 0.29) is 24.6 Å². The molecule has 1 saturated carbocycles. The van der Waals surface area contributed by atoms with Gasteiger partial charge in [0.05, 0.1) is 6.42 Å². The average Bonchev–Trinajstić information content (AvgIpc) is 2.26. The van der Waals surface area contributed by atoms with Crippen LogP contribution in [-0.4, -0.2) is 17.4 Å². The van der Waals surface area contributed by atoms with Gasteiger partial charge in [0.25, 0.3) is 0 Å². The third-order valence-corrected chi connectivity index (χ3v) is 3.43. The van der Waals surface area contributed by atoms with Gasteiger partial charge in [-0.05, 0) is 57.8 Å². The SMILES string of the molecule is CC(C)C[C@H]1C[C@@H](C#CC(=O)CCC(=O)OC(C)(C)C)C1. The second-order valence-corrected chi connectivity index (χ2v) is 7.44. The van der Waals surface area contributed by atoms with Crippen molar-refractivity contribution >= 4 is 11.8 Å². The lowest BCUT2D eigenvalue weighted by Gasteiger charge is -2.33. The lowest BCUT2D eigenvalue weighted by atomic mass is 9.72. The second-order valence-electron chi connectivity index (χ2n) is 7.44. The molecule has 118 valence electrons. The summed E-state index contributed by atoms with van der Waals surface area (Å²) in [5.41, 5.74) is -0.497. The maximum absolute atomic E-state index is 11.6. The van der Waals surface area contributed by atoms with Crippen LogP contribution in [0.3, 0.4) is 0 Å². The van der Waals surface area contributed by atoms with E-state index in [0.29, 0.717) is 5.92 Å². The normalized spacial score (nSPS) is 21.2. The molecule has 1 fully saturated rings. The van der Waals surface area contributed by atoms with E-state index in [2.05, 4.69) is 25.7 Å². The number of carbonyl (C=O) groups excluding carboxylic acids is 2. The van der Waals surface area contributed by atoms with E-state index in [1.165, 1.54) is 6.42 Å². The van der Waals surface area contributed by atoms with Crippen molar-refractivity contribution in [3.8, 4) is 11.8 Å². The van der Waals surface area contributed by atoms with E-state index in [9.17, 15) is 9.59 Å². The summed E-state index contributed by atoms with van der Waals surface area (Å²) in [5, 5.41) is 0. The molecule has 0 saturated heterocycles. The molecule has 0 aromatic rings. The summed E-state index contributed by atoms with van der Waals surface area (Å²) >= 11 is 0. The Balaban J connectivity index is 2.21. The van der Waals surface area contributed by atoms with Crippen molar-refractivity contribution in [3.63, 3.8) is 0 Å². The van der Waals surface area contributed by atoms with Gasteiger partial charge in [0.1, 0.15) is 5.60 Å². The van der Waals surface area contributed by atoms with Crippen LogP contribution in [0.1, 0.15) is 66.7 Å². The van der Waals surface area contributed by atoms with Crippen LogP contribution in [0.2, 0.25) is 0 Å². The zero-order valence-electron chi connectivity index (χ0n) is 14.0. The summed E-state index contributed by atoms with van der Waals surface area (Å²) in [6.45, 7) is 9.92. The molecule has 0 N–H and O–H groups in total. The third kappa shape index (κ3) is 7.90. The van der Waals surface area contributed by atoms with E-state index in [4.69, 9.17) is 4.74 Å². The Morgan fingerprint density at radius 2 is 1.81 bits per heavy atom. The first-order chi connectivity index (χ1) is 9.65. The van der Waals surface area contributed by atoms with Crippen LogP contribution in [0.4, 0.5) is 0 Å². The minimum absolute atomic E-state index is 0.116. The molecule has 1 aliphatic rings. The molecular formula is C18H28O3. The van der Waals surface area contributed by atoms with Crippen molar-refractivity contribution in [2.75, 3.05) is 0 Å². The van der Waals surface area contributed by atoms with Crippen LogP contribution in [-0.2, 0) is 14.3 Å². The summed E-state index contributed by atoms with van der Waals surface area (Å²) in [5.74, 6) is 7.12. The van der Waals surface area contributed by atoms with Gasteiger partial charge in [0.2, 0.25) is 5.78 Å². The maximum Gasteiger partial charge on any atom is 0.306 e. The van der Waals surface area contributed by atoms with Gasteiger partial charge in [0, 0.05) is 12.3 Å². The number of hydrogen-bond donors (Lipinski definition) is 0. The molecule has 3 heteroatoms. The van der Waals surface area contributed by atoms with Crippen molar-refractivity contribution in [2.24, 2.45) is 17.8 Å². The van der Waals surface area contributed by atoms with Crippen LogP contribution in [0, 0.1) is 29.6 Å². The zero-order valence-corrected chi connectivity index (χ0v) is 14.0. The van der Waals surface area contributed by atoms with Gasteiger partial charge in [-0.1, -0.05) is 19.8 Å². The number of hydrogen-bond acceptors (Lipinski definition) is 3. The Morgan fingerprint density at radius 3 is 2.33 bits per heavy atom. The van der Waals surface area contributed by atoms with Crippen LogP contribution in [0.25, 0.3) is 0 Å². The quantitative estimate of drug-likeness (QED) is 0.440. The van der Waals surface area contributed by atoms with Crippen molar-refractivity contribution in [2.45, 2.75) is 72.3 Å². The average molecular weight is 292 g/mol. The van der Waals surface area contributed by atoms with Crippen LogP contribution in [0.5, 0.6) is 0 Å². The van der Waals surface area contributed by atoms with Gasteiger partial charge >= 0.3 is 5.97 Å². The largest absolute Gasteiger partial charge is 0.460 e. The van der Waals surface area contributed by atoms with Crippen molar-refractivity contribution in [1.82, 2.24) is 0 Å². The molecule has 0 aromatic heterocycles. The summed E-state index contributed by atoms with van der Waals surface area (Å²) in [4.78, 5) is 23.1. The first kappa shape index (κ1) is 17.8. The molecule has 0 spiro atoms. The Morgan fingerprint density at radius 1 is 1.19 bits per heavy atom. The first-order valence-electron chi connectivity index (χ1n) is 7.92. The lowest BCUT2D eigenvalue weighted by Crippen LogP contribution is -2.24. The van der Waals surface area contributed by atoms with Gasteiger partial charge in [0.15, 0.2) is 0 Å². The summed E-state index contributed by atoms with van der Waals surface area (Å²) in [6.07, 6.45) is 3.76. The molecule has 0 bridgehead atoms. The number of rotatable bonds is 5. The van der Waals surface area contributed by atoms with Crippen LogP contribution < -0.4 is 0 Å². The highest BCUT2D eigenvalue weighted by Crippen LogP contribution is 2.37. The standard InChI is InChI=1S/C18H28O3/c1-13(2)10-15-11-14(12-15)6-7-16(19)8-9-17(20)21-18(3,4)5/h13-15H,8-12H2,1-5H3/t14-,15+. The molecule has 0 aromatic carbocycles. The molecular weight excluding hydrogens is 264 g/mol. The van der Waals surface area contributed by atoms with E-state index in [1.807, 2.05) is 20.8 Å². The smallest absolute Gasteiger partial charge is 0.306 e. The Bertz CT molecular complexity index is 426. The fraction of sp³-hybridized carbons (Fsp3) is 0.778. The van der Waals surface area contributed by atoms with Gasteiger partial charge in [-0.3, -0.25) is 9.59 Å². The Kier molecular flexibility index (Phi) is 6.45. The van der Waals surface area contributed by atoms with Crippen molar-refractivity contribution in [1.29, 1.82) is 0 Å². The van der Waals surface area contributed by atoms with Crippen LogP contribution >= 0.6 is 0 Å². The molecule has 0 atom stereocenters. The molecule has 1 aliphatic carbocycles. The molecule has 0 heterocycles. The van der Waals surface area contributed by atoms with Gasteiger partial charge in [-0.15, -0.1) is 0 Å². The molecule has 3 nitrogen and oxygen atoms in total. The second kappa shape index (κ2) is 7.64. The van der Waals surface area contributed by atoms with Crippen LogP contribution in [0.15, 0.2) is 0 Å². The summed E-state index contributed by atoms with van der Waals surface area (Å²) < 4.78 is 5.16. The fourth-order valence-electron chi connectivity index (χ4n) is 2.57. The third-order valence-electron chi connectivity index (χ3n) is 3.43. The topological polar surface area (TPSA) is 43.4 Å². The lowest BCUT2D eigenvalue weighted by molar-refractivity contribution is -0.155. The molecule has 0 aliphatic heterocycles. The van der Waals surface area contributed by atoms with E-state index in [1.54, 1.807) is 0 Å². The predicted molar refractivity (Wildman–Crippen MR) is 83.5 cm³/mol. The summed E-state index contributed by atoms with van der Waals surface area (Å²) in [7, 11) is 0. The first-order valence-corrected chi connectivity index (χ1v) is 7.92. The predicted octanol–water partition coefficient (Wildman–Crippen LogP) is 3.75. The highest BCUT2D eigenvalue weighted by Gasteiger charge is 2.28. The van der Waals surface area contributed by atoms with Crippen molar-refractivity contribution < 1.29 is 14.3 Å². The number of ether oxygens (including phenoxy) is 1. The van der Waals surface area contributed by atoms with Gasteiger partial charge < -0.3 is 4.74 Å². The van der Waals surface area contributed by atoms with E-state index < -0.39 is 5.60 Å².